The van der Waals surface area contributed by atoms with Crippen LogP contribution in [0.2, 0.25) is 0 Å². The largest absolute Gasteiger partial charge is 0.308 e. The molecule has 0 radical (unpaired) electrons. The highest BCUT2D eigenvalue weighted by molar-refractivity contribution is 7.99. The van der Waals surface area contributed by atoms with Crippen molar-refractivity contribution in [3.63, 3.8) is 0 Å². The molecule has 96 valence electrons. The van der Waals surface area contributed by atoms with E-state index in [2.05, 4.69) is 5.32 Å². The number of halogens is 2. The fourth-order valence-corrected chi connectivity index (χ4v) is 2.05. The lowest BCUT2D eigenvalue weighted by Gasteiger charge is -2.20. The van der Waals surface area contributed by atoms with E-state index in [-0.39, 0.29) is 10.4 Å². The Morgan fingerprint density at radius 2 is 1.71 bits per heavy atom. The van der Waals surface area contributed by atoms with Gasteiger partial charge in [-0.15, -0.1) is 11.8 Å². The molecule has 0 aliphatic rings. The van der Waals surface area contributed by atoms with Gasteiger partial charge < -0.3 is 5.32 Å². The fourth-order valence-electron chi connectivity index (χ4n) is 1.36. The molecular formula is C13H19F2NS. The normalized spacial score (nSPS) is 11.9. The maximum Gasteiger partial charge on any atom is 0.140 e. The van der Waals surface area contributed by atoms with Crippen molar-refractivity contribution in [2.45, 2.75) is 44.7 Å². The van der Waals surface area contributed by atoms with Crippen molar-refractivity contribution in [3.8, 4) is 0 Å². The van der Waals surface area contributed by atoms with E-state index < -0.39 is 11.6 Å². The minimum atomic E-state index is -0.470. The summed E-state index contributed by atoms with van der Waals surface area (Å²) in [4.78, 5) is 0.118. The van der Waals surface area contributed by atoms with Crippen LogP contribution in [0.4, 0.5) is 8.78 Å². The van der Waals surface area contributed by atoms with Crippen LogP contribution in [-0.4, -0.2) is 11.3 Å². The van der Waals surface area contributed by atoms with Gasteiger partial charge in [0.2, 0.25) is 0 Å². The van der Waals surface area contributed by atoms with Gasteiger partial charge in [0.25, 0.3) is 0 Å². The molecule has 0 atom stereocenters. The van der Waals surface area contributed by atoms with Crippen LogP contribution in [0.3, 0.4) is 0 Å². The zero-order valence-electron chi connectivity index (χ0n) is 10.7. The summed E-state index contributed by atoms with van der Waals surface area (Å²) in [5, 5.41) is 3.20. The summed E-state index contributed by atoms with van der Waals surface area (Å²) in [5.41, 5.74) is 0.569. The molecule has 0 bridgehead atoms. The molecule has 0 unspecified atom stereocenters. The van der Waals surface area contributed by atoms with Crippen molar-refractivity contribution in [2.24, 2.45) is 0 Å². The van der Waals surface area contributed by atoms with E-state index in [1.54, 1.807) is 0 Å². The molecule has 1 nitrogen and oxygen atoms in total. The molecule has 4 heteroatoms. The van der Waals surface area contributed by atoms with Crippen molar-refractivity contribution >= 4 is 11.8 Å². The summed E-state index contributed by atoms with van der Waals surface area (Å²) in [6.07, 6.45) is 0. The van der Waals surface area contributed by atoms with Gasteiger partial charge in [-0.25, -0.2) is 8.78 Å². The topological polar surface area (TPSA) is 12.0 Å². The van der Waals surface area contributed by atoms with Crippen molar-refractivity contribution in [2.75, 3.05) is 5.75 Å². The minimum absolute atomic E-state index is 0.0657. The third-order valence-corrected chi connectivity index (χ3v) is 3.14. The number of nitrogens with one attached hydrogen (secondary N) is 1. The van der Waals surface area contributed by atoms with Gasteiger partial charge in [0.1, 0.15) is 11.6 Å². The van der Waals surface area contributed by atoms with Gasteiger partial charge in [-0.05, 0) is 44.2 Å². The standard InChI is InChI=1S/C13H19F2NS/c1-5-17-12-10(14)6-9(7-11(12)15)8-16-13(2,3)4/h6-7,16H,5,8H2,1-4H3. The van der Waals surface area contributed by atoms with E-state index in [0.29, 0.717) is 17.9 Å². The Morgan fingerprint density at radius 3 is 2.12 bits per heavy atom. The second-order valence-corrected chi connectivity index (χ2v) is 6.20. The quantitative estimate of drug-likeness (QED) is 0.821. The van der Waals surface area contributed by atoms with E-state index in [1.165, 1.54) is 23.9 Å². The van der Waals surface area contributed by atoms with E-state index >= 15 is 0 Å². The Hall–Kier alpha value is -0.610. The molecule has 0 aliphatic heterocycles. The average molecular weight is 259 g/mol. The van der Waals surface area contributed by atoms with E-state index in [1.807, 2.05) is 27.7 Å². The van der Waals surface area contributed by atoms with Crippen LogP contribution in [0.25, 0.3) is 0 Å². The maximum absolute atomic E-state index is 13.6. The van der Waals surface area contributed by atoms with Gasteiger partial charge in [-0.3, -0.25) is 0 Å². The number of thioether (sulfide) groups is 1. The molecule has 0 amide bonds. The van der Waals surface area contributed by atoms with Crippen LogP contribution >= 0.6 is 11.8 Å². The highest BCUT2D eigenvalue weighted by Gasteiger charge is 2.13. The Morgan fingerprint density at radius 1 is 1.18 bits per heavy atom. The van der Waals surface area contributed by atoms with Crippen LogP contribution in [0.15, 0.2) is 17.0 Å². The summed E-state index contributed by atoms with van der Waals surface area (Å²) >= 11 is 1.19. The predicted molar refractivity (Wildman–Crippen MR) is 69.3 cm³/mol. The van der Waals surface area contributed by atoms with E-state index in [4.69, 9.17) is 0 Å². The second kappa shape index (κ2) is 5.83. The van der Waals surface area contributed by atoms with Gasteiger partial charge in [-0.1, -0.05) is 6.92 Å². The molecule has 1 aromatic carbocycles. The zero-order valence-corrected chi connectivity index (χ0v) is 11.5. The van der Waals surface area contributed by atoms with Gasteiger partial charge in [0.15, 0.2) is 0 Å². The van der Waals surface area contributed by atoms with Crippen molar-refractivity contribution in [3.05, 3.63) is 29.3 Å². The SMILES string of the molecule is CCSc1c(F)cc(CNC(C)(C)C)cc1F. The molecular weight excluding hydrogens is 240 g/mol. The summed E-state index contributed by atoms with van der Waals surface area (Å²) in [7, 11) is 0. The Balaban J connectivity index is 2.83. The minimum Gasteiger partial charge on any atom is -0.308 e. The van der Waals surface area contributed by atoms with Crippen LogP contribution < -0.4 is 5.32 Å². The molecule has 17 heavy (non-hydrogen) atoms. The van der Waals surface area contributed by atoms with Crippen molar-refractivity contribution in [1.82, 2.24) is 5.32 Å². The summed E-state index contributed by atoms with van der Waals surface area (Å²) in [5.74, 6) is -0.280. The monoisotopic (exact) mass is 259 g/mol. The Labute approximate surface area is 106 Å². The molecule has 0 spiro atoms. The fraction of sp³-hybridized carbons (Fsp3) is 0.538. The van der Waals surface area contributed by atoms with Crippen LogP contribution in [-0.2, 0) is 6.54 Å². The average Bonchev–Trinajstić information content (AvgIpc) is 2.19. The molecule has 1 rings (SSSR count). The molecule has 0 fully saturated rings. The van der Waals surface area contributed by atoms with Gasteiger partial charge in [0.05, 0.1) is 4.90 Å². The highest BCUT2D eigenvalue weighted by atomic mass is 32.2. The van der Waals surface area contributed by atoms with Crippen LogP contribution in [0.5, 0.6) is 0 Å². The Bertz CT molecular complexity index is 362. The molecule has 0 saturated heterocycles. The van der Waals surface area contributed by atoms with Gasteiger partial charge in [0, 0.05) is 12.1 Å². The predicted octanol–water partition coefficient (Wildman–Crippen LogP) is 3.96. The molecule has 0 saturated carbocycles. The van der Waals surface area contributed by atoms with Crippen molar-refractivity contribution in [1.29, 1.82) is 0 Å². The van der Waals surface area contributed by atoms with Gasteiger partial charge >= 0.3 is 0 Å². The molecule has 1 N–H and O–H groups in total. The maximum atomic E-state index is 13.6. The zero-order chi connectivity index (χ0) is 13.1. The first-order valence-electron chi connectivity index (χ1n) is 5.69. The van der Waals surface area contributed by atoms with Crippen LogP contribution in [0.1, 0.15) is 33.3 Å². The summed E-state index contributed by atoms with van der Waals surface area (Å²) < 4.78 is 27.3. The van der Waals surface area contributed by atoms with E-state index in [0.717, 1.165) is 0 Å². The number of benzene rings is 1. The molecule has 1 aromatic rings. The van der Waals surface area contributed by atoms with E-state index in [9.17, 15) is 8.78 Å². The third-order valence-electron chi connectivity index (χ3n) is 2.17. The third kappa shape index (κ3) is 4.64. The number of hydrogen-bond acceptors (Lipinski definition) is 2. The lowest BCUT2D eigenvalue weighted by molar-refractivity contribution is 0.422. The lowest BCUT2D eigenvalue weighted by Crippen LogP contribution is -2.35. The lowest BCUT2D eigenvalue weighted by atomic mass is 10.1. The number of hydrogen-bond donors (Lipinski definition) is 1. The second-order valence-electron chi connectivity index (χ2n) is 4.93. The van der Waals surface area contributed by atoms with Crippen molar-refractivity contribution < 1.29 is 8.78 Å². The first-order chi connectivity index (χ1) is 7.83. The highest BCUT2D eigenvalue weighted by Crippen LogP contribution is 2.26. The Kier molecular flexibility index (Phi) is 4.95. The smallest absolute Gasteiger partial charge is 0.140 e. The summed E-state index contributed by atoms with van der Waals surface area (Å²) in [6, 6.07) is 2.81. The first kappa shape index (κ1) is 14.5. The number of rotatable bonds is 4. The first-order valence-corrected chi connectivity index (χ1v) is 6.68. The molecule has 0 heterocycles. The van der Waals surface area contributed by atoms with Crippen LogP contribution in [0, 0.1) is 11.6 Å². The van der Waals surface area contributed by atoms with Gasteiger partial charge in [-0.2, -0.15) is 0 Å². The summed E-state index contributed by atoms with van der Waals surface area (Å²) in [6.45, 7) is 8.39. The molecule has 0 aliphatic carbocycles. The molecule has 0 aromatic heterocycles.